The van der Waals surface area contributed by atoms with Gasteiger partial charge in [0.1, 0.15) is 0 Å². The monoisotopic (exact) mass is 285 g/mol. The maximum absolute atomic E-state index is 12.6. The quantitative estimate of drug-likeness (QED) is 0.942. The van der Waals surface area contributed by atoms with Crippen molar-refractivity contribution < 1.29 is 10.5 Å². The topological polar surface area (TPSA) is 48.0 Å². The van der Waals surface area contributed by atoms with Crippen molar-refractivity contribution in [2.75, 3.05) is 11.4 Å². The summed E-state index contributed by atoms with van der Waals surface area (Å²) >= 11 is 1.72. The van der Waals surface area contributed by atoms with Gasteiger partial charge in [0.25, 0.3) is 0 Å². The molecule has 3 rings (SSSR count). The number of rotatable bonds is 3. The minimum Gasteiger partial charge on any atom is -0.358 e. The van der Waals surface area contributed by atoms with E-state index in [1.165, 1.54) is 0 Å². The lowest BCUT2D eigenvalue weighted by Gasteiger charge is -2.31. The molecule has 4 heteroatoms. The fourth-order valence-electron chi connectivity index (χ4n) is 2.36. The molecule has 1 aliphatic heterocycles. The zero-order valence-electron chi connectivity index (χ0n) is 11.2. The van der Waals surface area contributed by atoms with Crippen LogP contribution < -0.4 is 10.6 Å². The number of hydrogen-bond donors (Lipinski definition) is 1. The Morgan fingerprint density at radius 3 is 2.10 bits per heavy atom. The second-order valence-electron chi connectivity index (χ2n) is 4.72. The van der Waals surface area contributed by atoms with Crippen LogP contribution >= 0.6 is 11.8 Å². The Kier molecular flexibility index (Phi) is 3.76. The van der Waals surface area contributed by atoms with Crippen LogP contribution in [-0.2, 0) is 4.79 Å². The molecule has 0 saturated carbocycles. The summed E-state index contributed by atoms with van der Waals surface area (Å²) in [7, 11) is 0. The second kappa shape index (κ2) is 5.69. The highest BCUT2D eigenvalue weighted by molar-refractivity contribution is 7.99. The average molecular weight is 285 g/mol. The Hall–Kier alpha value is -1.78. The van der Waals surface area contributed by atoms with Gasteiger partial charge in [-0.15, -0.1) is 0 Å². The number of benzene rings is 2. The molecule has 2 aromatic rings. The molecule has 0 aromatic heterocycles. The van der Waals surface area contributed by atoms with Crippen LogP contribution in [0.25, 0.3) is 0 Å². The zero-order valence-corrected chi connectivity index (χ0v) is 12.0. The van der Waals surface area contributed by atoms with Crippen LogP contribution in [0.3, 0.4) is 0 Å². The molecule has 0 bridgehead atoms. The highest BCUT2D eigenvalue weighted by Crippen LogP contribution is 2.48. The van der Waals surface area contributed by atoms with Gasteiger partial charge in [0, 0.05) is 22.6 Å². The fourth-order valence-corrected chi connectivity index (χ4v) is 3.42. The molecule has 20 heavy (non-hydrogen) atoms. The number of carbonyl (C=O) groups excluding carboxylic acids is 1. The van der Waals surface area contributed by atoms with E-state index in [1.54, 1.807) is 11.8 Å². The minimum atomic E-state index is 0.147. The highest BCUT2D eigenvalue weighted by Gasteiger charge is 2.27. The Labute approximate surface area is 122 Å². The van der Waals surface area contributed by atoms with Crippen molar-refractivity contribution in [3.05, 3.63) is 48.5 Å². The number of nitrogens with zero attached hydrogens (tertiary/aromatic N) is 1. The molecule has 3 nitrogen and oxygen atoms in total. The van der Waals surface area contributed by atoms with Crippen LogP contribution in [0.2, 0.25) is 0 Å². The van der Waals surface area contributed by atoms with Gasteiger partial charge in [-0.3, -0.25) is 9.69 Å². The zero-order chi connectivity index (χ0) is 13.9. The van der Waals surface area contributed by atoms with E-state index in [2.05, 4.69) is 17.9 Å². The first-order valence-electron chi connectivity index (χ1n) is 6.79. The molecule has 1 aliphatic rings. The lowest BCUT2D eigenvalue weighted by molar-refractivity contribution is -0.368. The van der Waals surface area contributed by atoms with Gasteiger partial charge < -0.3 is 5.73 Å². The van der Waals surface area contributed by atoms with Crippen LogP contribution in [0, 0.1) is 0 Å². The Balaban J connectivity index is 2.05. The third kappa shape index (κ3) is 2.32. The van der Waals surface area contributed by atoms with Crippen LogP contribution in [0.15, 0.2) is 58.3 Å². The predicted octanol–water partition coefficient (Wildman–Crippen LogP) is 2.84. The van der Waals surface area contributed by atoms with Crippen molar-refractivity contribution in [1.82, 2.24) is 0 Å². The summed E-state index contributed by atoms with van der Waals surface area (Å²) in [5.74, 6) is 0.147. The summed E-state index contributed by atoms with van der Waals surface area (Å²) < 4.78 is 0. The Bertz CT molecular complexity index is 596. The first kappa shape index (κ1) is 13.2. The first-order chi connectivity index (χ1) is 9.81. The van der Waals surface area contributed by atoms with Gasteiger partial charge >= 0.3 is 0 Å². The summed E-state index contributed by atoms with van der Waals surface area (Å²) in [6.07, 6.45) is 1.36. The SMILES string of the molecule is [NH3+]CCCC(=O)N1c2ccccc2Sc2ccccc21. The maximum Gasteiger partial charge on any atom is 0.231 e. The molecule has 0 radical (unpaired) electrons. The van der Waals surface area contributed by atoms with Crippen molar-refractivity contribution in [3.63, 3.8) is 0 Å². The van der Waals surface area contributed by atoms with Gasteiger partial charge in [-0.25, -0.2) is 0 Å². The van der Waals surface area contributed by atoms with Gasteiger partial charge in [0.2, 0.25) is 5.91 Å². The molecule has 1 amide bonds. The van der Waals surface area contributed by atoms with Gasteiger partial charge in [0.15, 0.2) is 0 Å². The molecule has 102 valence electrons. The summed E-state index contributed by atoms with van der Waals surface area (Å²) in [4.78, 5) is 16.7. The molecule has 0 unspecified atom stereocenters. The highest BCUT2D eigenvalue weighted by atomic mass is 32.2. The number of anilines is 2. The van der Waals surface area contributed by atoms with Crippen molar-refractivity contribution in [3.8, 4) is 0 Å². The molecule has 2 aromatic carbocycles. The normalized spacial score (nSPS) is 12.8. The van der Waals surface area contributed by atoms with Crippen molar-refractivity contribution in [2.24, 2.45) is 0 Å². The average Bonchev–Trinajstić information content (AvgIpc) is 2.50. The molecular formula is C16H17N2OS+. The second-order valence-corrected chi connectivity index (χ2v) is 5.81. The summed E-state index contributed by atoms with van der Waals surface area (Å²) in [5, 5.41) is 0. The van der Waals surface area contributed by atoms with E-state index in [1.807, 2.05) is 41.3 Å². The third-order valence-corrected chi connectivity index (χ3v) is 4.45. The van der Waals surface area contributed by atoms with E-state index in [-0.39, 0.29) is 5.91 Å². The van der Waals surface area contributed by atoms with Crippen molar-refractivity contribution >= 4 is 29.0 Å². The van der Waals surface area contributed by atoms with Gasteiger partial charge in [-0.1, -0.05) is 36.0 Å². The number of carbonyl (C=O) groups is 1. The van der Waals surface area contributed by atoms with E-state index in [0.717, 1.165) is 34.1 Å². The largest absolute Gasteiger partial charge is 0.358 e. The van der Waals surface area contributed by atoms with E-state index >= 15 is 0 Å². The molecule has 0 saturated heterocycles. The first-order valence-corrected chi connectivity index (χ1v) is 7.61. The van der Waals surface area contributed by atoms with Gasteiger partial charge in [-0.05, 0) is 24.3 Å². The number of para-hydroxylation sites is 2. The number of fused-ring (bicyclic) bond motifs is 2. The molecular weight excluding hydrogens is 268 g/mol. The van der Waals surface area contributed by atoms with Crippen LogP contribution in [0.5, 0.6) is 0 Å². The lowest BCUT2D eigenvalue weighted by atomic mass is 10.2. The third-order valence-electron chi connectivity index (χ3n) is 3.32. The molecule has 0 aliphatic carbocycles. The Morgan fingerprint density at radius 1 is 1.00 bits per heavy atom. The van der Waals surface area contributed by atoms with Gasteiger partial charge in [0.05, 0.1) is 17.9 Å². The number of amides is 1. The van der Waals surface area contributed by atoms with Crippen molar-refractivity contribution in [2.45, 2.75) is 22.6 Å². The fraction of sp³-hybridized carbons (Fsp3) is 0.188. The van der Waals surface area contributed by atoms with E-state index in [0.29, 0.717) is 6.42 Å². The Morgan fingerprint density at radius 2 is 1.55 bits per heavy atom. The molecule has 0 fully saturated rings. The number of hydrogen-bond acceptors (Lipinski definition) is 2. The molecule has 0 atom stereocenters. The van der Waals surface area contributed by atoms with E-state index in [9.17, 15) is 4.79 Å². The summed E-state index contributed by atoms with van der Waals surface area (Å²) in [6.45, 7) is 0.789. The van der Waals surface area contributed by atoms with Crippen LogP contribution in [0.4, 0.5) is 11.4 Å². The van der Waals surface area contributed by atoms with E-state index < -0.39 is 0 Å². The van der Waals surface area contributed by atoms with E-state index in [4.69, 9.17) is 0 Å². The summed E-state index contributed by atoms with van der Waals surface area (Å²) in [5.41, 5.74) is 5.80. The standard InChI is InChI=1S/C16H16N2OS/c17-11-5-10-16(19)18-12-6-1-3-8-14(12)20-15-9-4-2-7-13(15)18/h1-4,6-9H,5,10-11,17H2/p+1. The smallest absolute Gasteiger partial charge is 0.231 e. The predicted molar refractivity (Wildman–Crippen MR) is 81.1 cm³/mol. The lowest BCUT2D eigenvalue weighted by Crippen LogP contribution is -2.50. The number of quaternary nitrogens is 1. The minimum absolute atomic E-state index is 0.147. The maximum atomic E-state index is 12.6. The van der Waals surface area contributed by atoms with Crippen molar-refractivity contribution in [1.29, 1.82) is 0 Å². The molecule has 3 N–H and O–H groups in total. The molecule has 0 spiro atoms. The van der Waals surface area contributed by atoms with Crippen LogP contribution in [-0.4, -0.2) is 12.5 Å². The molecule has 1 heterocycles. The van der Waals surface area contributed by atoms with Gasteiger partial charge in [-0.2, -0.15) is 0 Å². The van der Waals surface area contributed by atoms with Crippen LogP contribution in [0.1, 0.15) is 12.8 Å². The summed E-state index contributed by atoms with van der Waals surface area (Å²) in [6, 6.07) is 16.1.